The molecule has 0 aliphatic carbocycles. The topological polar surface area (TPSA) is 2.70 Å². The molecule has 1 atom stereocenters. The van der Waals surface area contributed by atoms with E-state index in [-0.39, 0.29) is 0 Å². The van der Waals surface area contributed by atoms with Gasteiger partial charge in [0.25, 0.3) is 0 Å². The van der Waals surface area contributed by atoms with Crippen LogP contribution in [0.1, 0.15) is 20.8 Å². The van der Waals surface area contributed by atoms with Gasteiger partial charge in [-0.3, -0.25) is 0 Å². The van der Waals surface area contributed by atoms with Crippen LogP contribution in [-0.4, -0.2) is 20.3 Å². The molecule has 0 amide bonds. The van der Waals surface area contributed by atoms with E-state index in [4.69, 9.17) is 0 Å². The predicted octanol–water partition coefficient (Wildman–Crippen LogP) is 1.84. The zero-order valence-electron chi connectivity index (χ0n) is 6.56. The highest BCUT2D eigenvalue weighted by Crippen LogP contribution is 2.08. The maximum atomic E-state index is 2.94. The Bertz CT molecular complexity index is 49.4. The Morgan fingerprint density at radius 2 is 1.38 bits per heavy atom. The minimum atomic E-state index is 0.620. The molecule has 0 heterocycles. The molecular formula is C7H17O+. The summed E-state index contributed by atoms with van der Waals surface area (Å²) in [5.74, 6) is 0.731. The van der Waals surface area contributed by atoms with Gasteiger partial charge < -0.3 is 4.37 Å². The molecule has 0 aromatic carbocycles. The van der Waals surface area contributed by atoms with Crippen molar-refractivity contribution in [3.05, 3.63) is 0 Å². The molecular weight excluding hydrogens is 100 g/mol. The van der Waals surface area contributed by atoms with Crippen LogP contribution in [0.5, 0.6) is 0 Å². The Kier molecular flexibility index (Phi) is 3.06. The molecule has 0 saturated heterocycles. The first-order valence-electron chi connectivity index (χ1n) is 3.12. The van der Waals surface area contributed by atoms with Crippen LogP contribution in [0.25, 0.3) is 0 Å². The average Bonchev–Trinajstić information content (AvgIpc) is 1.64. The van der Waals surface area contributed by atoms with Gasteiger partial charge in [0.2, 0.25) is 0 Å². The largest absolute Gasteiger partial charge is 0.424 e. The normalized spacial score (nSPS) is 15.4. The van der Waals surface area contributed by atoms with E-state index >= 15 is 0 Å². The fraction of sp³-hybridized carbons (Fsp3) is 1.00. The van der Waals surface area contributed by atoms with Crippen LogP contribution >= 0.6 is 0 Å². The third-order valence-electron chi connectivity index (χ3n) is 1.68. The molecule has 0 aliphatic rings. The van der Waals surface area contributed by atoms with Gasteiger partial charge in [-0.15, -0.1) is 0 Å². The molecule has 0 bridgehead atoms. The van der Waals surface area contributed by atoms with Crippen LogP contribution in [0.4, 0.5) is 0 Å². The standard InChI is InChI=1S/C7H17O/c1-6(2)7(3)8(4)5/h6-7H,1-5H3/q+1. The second kappa shape index (κ2) is 3.08. The number of hydrogen-bond acceptors (Lipinski definition) is 0. The molecule has 0 radical (unpaired) electrons. The second-order valence-electron chi connectivity index (χ2n) is 2.83. The molecule has 50 valence electrons. The van der Waals surface area contributed by atoms with Crippen molar-refractivity contribution in [1.29, 1.82) is 0 Å². The minimum absolute atomic E-state index is 0.620. The summed E-state index contributed by atoms with van der Waals surface area (Å²) in [4.78, 5) is 0. The summed E-state index contributed by atoms with van der Waals surface area (Å²) in [6.45, 7) is 6.64. The summed E-state index contributed by atoms with van der Waals surface area (Å²) >= 11 is 0. The Balaban J connectivity index is 3.46. The first-order valence-corrected chi connectivity index (χ1v) is 3.12. The quantitative estimate of drug-likeness (QED) is 0.485. The molecule has 0 spiro atoms. The van der Waals surface area contributed by atoms with Crippen molar-refractivity contribution in [2.45, 2.75) is 26.9 Å². The van der Waals surface area contributed by atoms with Crippen molar-refractivity contribution in [3.63, 3.8) is 0 Å². The molecule has 8 heavy (non-hydrogen) atoms. The molecule has 1 unspecified atom stereocenters. The van der Waals surface area contributed by atoms with E-state index in [9.17, 15) is 0 Å². The summed E-state index contributed by atoms with van der Waals surface area (Å²) in [6.07, 6.45) is 0.620. The minimum Gasteiger partial charge on any atom is -0.424 e. The molecule has 0 N–H and O–H groups in total. The Hall–Kier alpha value is -0.0400. The molecule has 1 nitrogen and oxygen atoms in total. The van der Waals surface area contributed by atoms with Crippen molar-refractivity contribution in [3.8, 4) is 0 Å². The molecule has 0 saturated carbocycles. The van der Waals surface area contributed by atoms with Gasteiger partial charge in [0.15, 0.2) is 6.10 Å². The monoisotopic (exact) mass is 117 g/mol. The lowest BCUT2D eigenvalue weighted by Crippen LogP contribution is -2.22. The van der Waals surface area contributed by atoms with Gasteiger partial charge in [0, 0.05) is 12.8 Å². The smallest absolute Gasteiger partial charge is 0.154 e. The predicted molar refractivity (Wildman–Crippen MR) is 37.2 cm³/mol. The van der Waals surface area contributed by atoms with Gasteiger partial charge >= 0.3 is 0 Å². The highest BCUT2D eigenvalue weighted by molar-refractivity contribution is 4.54. The summed E-state index contributed by atoms with van der Waals surface area (Å²) in [5.41, 5.74) is 0. The van der Waals surface area contributed by atoms with E-state index in [1.54, 1.807) is 0 Å². The first-order chi connectivity index (χ1) is 3.55. The van der Waals surface area contributed by atoms with Crippen LogP contribution in [-0.2, 0) is 4.37 Å². The second-order valence-corrected chi connectivity index (χ2v) is 2.83. The fourth-order valence-electron chi connectivity index (χ4n) is 0.544. The molecule has 0 aromatic heterocycles. The van der Waals surface area contributed by atoms with Crippen molar-refractivity contribution >= 4 is 0 Å². The van der Waals surface area contributed by atoms with Crippen LogP contribution in [0.3, 0.4) is 0 Å². The van der Waals surface area contributed by atoms with E-state index < -0.39 is 0 Å². The van der Waals surface area contributed by atoms with Gasteiger partial charge in [0.05, 0.1) is 0 Å². The van der Waals surface area contributed by atoms with Crippen LogP contribution in [0.2, 0.25) is 0 Å². The van der Waals surface area contributed by atoms with Crippen LogP contribution in [0, 0.1) is 5.92 Å². The molecule has 1 heteroatoms. The van der Waals surface area contributed by atoms with Gasteiger partial charge in [-0.05, 0) is 0 Å². The average molecular weight is 117 g/mol. The van der Waals surface area contributed by atoms with Crippen molar-refractivity contribution in [2.75, 3.05) is 14.2 Å². The van der Waals surface area contributed by atoms with Crippen molar-refractivity contribution in [1.82, 2.24) is 0 Å². The molecule has 0 fully saturated rings. The lowest BCUT2D eigenvalue weighted by Gasteiger charge is -2.19. The Labute approximate surface area is 52.4 Å². The van der Waals surface area contributed by atoms with E-state index in [0.29, 0.717) is 6.10 Å². The lowest BCUT2D eigenvalue weighted by atomic mass is 10.1. The van der Waals surface area contributed by atoms with Gasteiger partial charge in [-0.1, -0.05) is 13.8 Å². The summed E-state index contributed by atoms with van der Waals surface area (Å²) in [7, 11) is 4.06. The van der Waals surface area contributed by atoms with Crippen molar-refractivity contribution < 1.29 is 4.37 Å². The summed E-state index contributed by atoms with van der Waals surface area (Å²) in [6, 6.07) is 0. The first kappa shape index (κ1) is 7.96. The summed E-state index contributed by atoms with van der Waals surface area (Å²) < 4.78 is 2.94. The summed E-state index contributed by atoms with van der Waals surface area (Å²) in [5, 5.41) is 0. The molecule has 0 aliphatic heterocycles. The van der Waals surface area contributed by atoms with Gasteiger partial charge in [-0.25, -0.2) is 0 Å². The highest BCUT2D eigenvalue weighted by Gasteiger charge is 2.13. The maximum absolute atomic E-state index is 2.94. The third kappa shape index (κ3) is 2.31. The van der Waals surface area contributed by atoms with Gasteiger partial charge in [-0.2, -0.15) is 0 Å². The van der Waals surface area contributed by atoms with E-state index in [2.05, 4.69) is 25.1 Å². The highest BCUT2D eigenvalue weighted by atomic mass is 16.7. The Morgan fingerprint density at radius 1 is 1.00 bits per heavy atom. The van der Waals surface area contributed by atoms with Crippen molar-refractivity contribution in [2.24, 2.45) is 5.92 Å². The molecule has 0 rings (SSSR count). The fourth-order valence-corrected chi connectivity index (χ4v) is 0.544. The van der Waals surface area contributed by atoms with Crippen LogP contribution in [0.15, 0.2) is 0 Å². The molecule has 0 aromatic rings. The number of hydrogen-bond donors (Lipinski definition) is 0. The Morgan fingerprint density at radius 3 is 1.38 bits per heavy atom. The third-order valence-corrected chi connectivity index (χ3v) is 1.68. The zero-order chi connectivity index (χ0) is 6.73. The van der Waals surface area contributed by atoms with Crippen LogP contribution < -0.4 is 0 Å². The maximum Gasteiger partial charge on any atom is 0.154 e. The zero-order valence-corrected chi connectivity index (χ0v) is 6.56. The SMILES string of the molecule is CC(C)C(C)[O+](C)C. The van der Waals surface area contributed by atoms with E-state index in [1.807, 2.05) is 14.2 Å². The number of rotatable bonds is 2. The van der Waals surface area contributed by atoms with Gasteiger partial charge in [0.1, 0.15) is 14.2 Å². The van der Waals surface area contributed by atoms with E-state index in [1.165, 1.54) is 0 Å². The lowest BCUT2D eigenvalue weighted by molar-refractivity contribution is -0.128. The van der Waals surface area contributed by atoms with E-state index in [0.717, 1.165) is 5.92 Å².